The Labute approximate surface area is 109 Å². The minimum absolute atomic E-state index is 0.0448. The Morgan fingerprint density at radius 1 is 1.42 bits per heavy atom. The SMILES string of the molecule is CS(=O)(=O)c1cccc(C(=O)NCC(F)(F)CO)c1. The maximum absolute atomic E-state index is 12.7. The Balaban J connectivity index is 2.84. The van der Waals surface area contributed by atoms with Crippen molar-refractivity contribution in [3.63, 3.8) is 0 Å². The highest BCUT2D eigenvalue weighted by Crippen LogP contribution is 2.13. The second-order valence-electron chi connectivity index (χ2n) is 4.00. The molecular weight excluding hydrogens is 280 g/mol. The highest BCUT2D eigenvalue weighted by Gasteiger charge is 2.28. The maximum atomic E-state index is 12.7. The van der Waals surface area contributed by atoms with Crippen LogP contribution in [0.1, 0.15) is 10.4 Å². The van der Waals surface area contributed by atoms with Crippen LogP contribution in [0.4, 0.5) is 8.78 Å². The third-order valence-corrected chi connectivity index (χ3v) is 3.37. The first kappa shape index (κ1) is 15.5. The van der Waals surface area contributed by atoms with E-state index < -0.39 is 34.8 Å². The first-order valence-electron chi connectivity index (χ1n) is 5.23. The Kier molecular flexibility index (Phi) is 4.59. The van der Waals surface area contributed by atoms with E-state index in [9.17, 15) is 22.0 Å². The molecule has 0 aliphatic carbocycles. The van der Waals surface area contributed by atoms with E-state index >= 15 is 0 Å². The van der Waals surface area contributed by atoms with Crippen molar-refractivity contribution in [1.82, 2.24) is 5.32 Å². The lowest BCUT2D eigenvalue weighted by Crippen LogP contribution is -2.39. The van der Waals surface area contributed by atoms with Crippen molar-refractivity contribution < 1.29 is 27.1 Å². The van der Waals surface area contributed by atoms with Crippen LogP contribution in [0.3, 0.4) is 0 Å². The van der Waals surface area contributed by atoms with E-state index in [1.165, 1.54) is 18.2 Å². The third-order valence-electron chi connectivity index (χ3n) is 2.26. The highest BCUT2D eigenvalue weighted by atomic mass is 32.2. The zero-order valence-corrected chi connectivity index (χ0v) is 10.9. The van der Waals surface area contributed by atoms with Crippen LogP contribution >= 0.6 is 0 Å². The quantitative estimate of drug-likeness (QED) is 0.825. The number of carbonyl (C=O) groups excluding carboxylic acids is 1. The Hall–Kier alpha value is -1.54. The van der Waals surface area contributed by atoms with Gasteiger partial charge in [-0.25, -0.2) is 17.2 Å². The number of rotatable bonds is 5. The van der Waals surface area contributed by atoms with E-state index in [4.69, 9.17) is 5.11 Å². The van der Waals surface area contributed by atoms with Gasteiger partial charge in [0.15, 0.2) is 9.84 Å². The number of alkyl halides is 2. The van der Waals surface area contributed by atoms with E-state index in [-0.39, 0.29) is 10.5 Å². The molecule has 0 fully saturated rings. The molecule has 1 rings (SSSR count). The summed E-state index contributed by atoms with van der Waals surface area (Å²) in [6, 6.07) is 5.05. The number of nitrogens with one attached hydrogen (secondary N) is 1. The maximum Gasteiger partial charge on any atom is 0.287 e. The molecule has 0 aliphatic rings. The molecule has 19 heavy (non-hydrogen) atoms. The topological polar surface area (TPSA) is 83.5 Å². The van der Waals surface area contributed by atoms with Crippen LogP contribution in [0.2, 0.25) is 0 Å². The lowest BCUT2D eigenvalue weighted by Gasteiger charge is -2.14. The van der Waals surface area contributed by atoms with E-state index in [2.05, 4.69) is 0 Å². The van der Waals surface area contributed by atoms with Gasteiger partial charge < -0.3 is 10.4 Å². The zero-order chi connectivity index (χ0) is 14.7. The summed E-state index contributed by atoms with van der Waals surface area (Å²) in [5.41, 5.74) is -0.0448. The fourth-order valence-electron chi connectivity index (χ4n) is 1.24. The zero-order valence-electron chi connectivity index (χ0n) is 10.1. The molecule has 0 saturated heterocycles. The largest absolute Gasteiger partial charge is 0.390 e. The minimum atomic E-state index is -3.47. The molecule has 1 amide bonds. The number of sulfone groups is 1. The molecule has 0 spiro atoms. The smallest absolute Gasteiger partial charge is 0.287 e. The van der Waals surface area contributed by atoms with Crippen molar-refractivity contribution in [1.29, 1.82) is 0 Å². The van der Waals surface area contributed by atoms with E-state index in [1.807, 2.05) is 5.32 Å². The molecule has 0 radical (unpaired) electrons. The number of hydrogen-bond acceptors (Lipinski definition) is 4. The predicted molar refractivity (Wildman–Crippen MR) is 63.9 cm³/mol. The van der Waals surface area contributed by atoms with Crippen LogP contribution in [0, 0.1) is 0 Å². The van der Waals surface area contributed by atoms with Crippen molar-refractivity contribution >= 4 is 15.7 Å². The number of benzene rings is 1. The summed E-state index contributed by atoms with van der Waals surface area (Å²) in [4.78, 5) is 11.5. The summed E-state index contributed by atoms with van der Waals surface area (Å²) in [6.07, 6.45) is 0.976. The molecule has 0 aromatic heterocycles. The first-order chi connectivity index (χ1) is 8.65. The van der Waals surface area contributed by atoms with Crippen molar-refractivity contribution in [3.8, 4) is 0 Å². The summed E-state index contributed by atoms with van der Waals surface area (Å²) >= 11 is 0. The number of carbonyl (C=O) groups is 1. The summed E-state index contributed by atoms with van der Waals surface area (Å²) in [6.45, 7) is -2.40. The van der Waals surface area contributed by atoms with Gasteiger partial charge in [-0.15, -0.1) is 0 Å². The molecule has 1 aromatic carbocycles. The van der Waals surface area contributed by atoms with Crippen LogP contribution in [-0.4, -0.2) is 44.8 Å². The number of amides is 1. The lowest BCUT2D eigenvalue weighted by atomic mass is 10.2. The molecular formula is C11H13F2NO4S. The number of hydrogen-bond donors (Lipinski definition) is 2. The molecule has 0 unspecified atom stereocenters. The van der Waals surface area contributed by atoms with Gasteiger partial charge in [-0.3, -0.25) is 4.79 Å². The summed E-state index contributed by atoms with van der Waals surface area (Å²) in [5.74, 6) is -4.25. The standard InChI is InChI=1S/C11H13F2NO4S/c1-19(17,18)9-4-2-3-8(5-9)10(16)14-6-11(12,13)7-15/h2-5,15H,6-7H2,1H3,(H,14,16). The van der Waals surface area contributed by atoms with Crippen molar-refractivity contribution in [3.05, 3.63) is 29.8 Å². The average molecular weight is 293 g/mol. The van der Waals surface area contributed by atoms with Crippen molar-refractivity contribution in [2.45, 2.75) is 10.8 Å². The van der Waals surface area contributed by atoms with Crippen LogP contribution in [0.25, 0.3) is 0 Å². The fraction of sp³-hybridized carbons (Fsp3) is 0.364. The first-order valence-corrected chi connectivity index (χ1v) is 7.12. The second-order valence-corrected chi connectivity index (χ2v) is 6.01. The Morgan fingerprint density at radius 3 is 2.58 bits per heavy atom. The highest BCUT2D eigenvalue weighted by molar-refractivity contribution is 7.90. The van der Waals surface area contributed by atoms with E-state index in [1.54, 1.807) is 0 Å². The molecule has 0 aliphatic heterocycles. The normalized spacial score (nSPS) is 12.2. The van der Waals surface area contributed by atoms with Gasteiger partial charge in [0.25, 0.3) is 11.8 Å². The van der Waals surface area contributed by atoms with Crippen LogP contribution in [0.5, 0.6) is 0 Å². The Morgan fingerprint density at radius 2 is 2.05 bits per heavy atom. The second kappa shape index (κ2) is 5.62. The minimum Gasteiger partial charge on any atom is -0.390 e. The molecule has 1 aromatic rings. The molecule has 0 saturated carbocycles. The van der Waals surface area contributed by atoms with Gasteiger partial charge in [-0.05, 0) is 18.2 Å². The van der Waals surface area contributed by atoms with E-state index in [0.717, 1.165) is 12.3 Å². The van der Waals surface area contributed by atoms with Gasteiger partial charge in [0.2, 0.25) is 0 Å². The third kappa shape index (κ3) is 4.56. The molecule has 0 heterocycles. The summed E-state index contributed by atoms with van der Waals surface area (Å²) < 4.78 is 48.0. The van der Waals surface area contributed by atoms with E-state index in [0.29, 0.717) is 0 Å². The molecule has 0 atom stereocenters. The van der Waals surface area contributed by atoms with Crippen molar-refractivity contribution in [2.24, 2.45) is 0 Å². The number of halogens is 2. The molecule has 2 N–H and O–H groups in total. The van der Waals surface area contributed by atoms with Crippen molar-refractivity contribution in [2.75, 3.05) is 19.4 Å². The molecule has 8 heteroatoms. The van der Waals surface area contributed by atoms with Gasteiger partial charge >= 0.3 is 0 Å². The van der Waals surface area contributed by atoms with Gasteiger partial charge in [-0.2, -0.15) is 0 Å². The predicted octanol–water partition coefficient (Wildman–Crippen LogP) is 0.448. The van der Waals surface area contributed by atoms with Gasteiger partial charge in [0.1, 0.15) is 6.61 Å². The lowest BCUT2D eigenvalue weighted by molar-refractivity contribution is -0.0462. The van der Waals surface area contributed by atoms with Gasteiger partial charge in [-0.1, -0.05) is 6.07 Å². The molecule has 106 valence electrons. The Bertz CT molecular complexity index is 572. The summed E-state index contributed by atoms with van der Waals surface area (Å²) in [7, 11) is -3.47. The van der Waals surface area contributed by atoms with Gasteiger partial charge in [0, 0.05) is 11.8 Å². The molecule has 5 nitrogen and oxygen atoms in total. The monoisotopic (exact) mass is 293 g/mol. The van der Waals surface area contributed by atoms with Crippen LogP contribution in [0.15, 0.2) is 29.2 Å². The summed E-state index contributed by atoms with van der Waals surface area (Å²) in [5, 5.41) is 10.3. The van der Waals surface area contributed by atoms with Crippen LogP contribution < -0.4 is 5.32 Å². The number of aliphatic hydroxyl groups is 1. The fourth-order valence-corrected chi connectivity index (χ4v) is 1.90. The number of aliphatic hydroxyl groups excluding tert-OH is 1. The van der Waals surface area contributed by atoms with Crippen LogP contribution in [-0.2, 0) is 9.84 Å². The van der Waals surface area contributed by atoms with Gasteiger partial charge in [0.05, 0.1) is 11.4 Å². The molecule has 0 bridgehead atoms. The average Bonchev–Trinajstić information content (AvgIpc) is 2.35.